The third-order valence-electron chi connectivity index (χ3n) is 4.80. The molecule has 2 aromatic heterocycles. The lowest BCUT2D eigenvalue weighted by Crippen LogP contribution is -1.88. The molecule has 0 aliphatic carbocycles. The molecule has 3 heteroatoms. The average Bonchev–Trinajstić information content (AvgIpc) is 3.26. The molecule has 0 unspecified atom stereocenters. The lowest BCUT2D eigenvalue weighted by molar-refractivity contribution is 0.558. The lowest BCUT2D eigenvalue weighted by atomic mass is 10.1. The summed E-state index contributed by atoms with van der Waals surface area (Å²) < 4.78 is 0. The number of H-pyrrole nitrogens is 2. The number of hydrogen-bond donors (Lipinski definition) is 2. The summed E-state index contributed by atoms with van der Waals surface area (Å²) >= 11 is 0. The number of hydrogen-bond acceptors (Lipinski definition) is 1. The van der Waals surface area contributed by atoms with Gasteiger partial charge in [-0.1, -0.05) is 64.7 Å². The molecule has 0 saturated heterocycles. The fourth-order valence-electron chi connectivity index (χ4n) is 3.20. The summed E-state index contributed by atoms with van der Waals surface area (Å²) in [5.74, 6) is 0. The first kappa shape index (κ1) is 19.6. The number of aliphatic imine (C=N–C) groups is 1. The van der Waals surface area contributed by atoms with Gasteiger partial charge in [0.05, 0.1) is 17.1 Å². The van der Waals surface area contributed by atoms with Crippen molar-refractivity contribution in [3.05, 3.63) is 35.7 Å². The summed E-state index contributed by atoms with van der Waals surface area (Å²) in [6.07, 6.45) is 17.7. The van der Waals surface area contributed by atoms with E-state index in [1.165, 1.54) is 69.8 Å². The Bertz CT molecular complexity index is 593. The minimum Gasteiger partial charge on any atom is -0.360 e. The minimum atomic E-state index is 0.937. The summed E-state index contributed by atoms with van der Waals surface area (Å²) in [5, 5.41) is 0. The van der Waals surface area contributed by atoms with Crippen LogP contribution in [0.2, 0.25) is 0 Å². The number of rotatable bonds is 13. The van der Waals surface area contributed by atoms with Crippen LogP contribution in [0, 0.1) is 6.92 Å². The van der Waals surface area contributed by atoms with E-state index in [4.69, 9.17) is 0 Å². The van der Waals surface area contributed by atoms with Crippen molar-refractivity contribution in [2.75, 3.05) is 6.54 Å². The molecule has 2 rings (SSSR count). The summed E-state index contributed by atoms with van der Waals surface area (Å²) in [4.78, 5) is 11.3. The van der Waals surface area contributed by atoms with Crippen molar-refractivity contribution in [3.63, 3.8) is 0 Å². The van der Waals surface area contributed by atoms with Gasteiger partial charge in [0.2, 0.25) is 0 Å². The zero-order chi connectivity index (χ0) is 17.7. The highest BCUT2D eigenvalue weighted by molar-refractivity contribution is 5.81. The number of aryl methyl sites for hydroxylation is 1. The second-order valence-corrected chi connectivity index (χ2v) is 7.08. The Kier molecular flexibility index (Phi) is 9.17. The number of aromatic amines is 2. The molecular formula is C22H35N3. The van der Waals surface area contributed by atoms with Crippen LogP contribution >= 0.6 is 0 Å². The van der Waals surface area contributed by atoms with Crippen LogP contribution in [0.5, 0.6) is 0 Å². The molecular weight excluding hydrogens is 306 g/mol. The Morgan fingerprint density at radius 2 is 1.60 bits per heavy atom. The monoisotopic (exact) mass is 341 g/mol. The first-order valence-corrected chi connectivity index (χ1v) is 10.1. The van der Waals surface area contributed by atoms with Crippen LogP contribution in [0.25, 0.3) is 11.4 Å². The van der Waals surface area contributed by atoms with E-state index < -0.39 is 0 Å². The van der Waals surface area contributed by atoms with Crippen LogP contribution in [0.3, 0.4) is 0 Å². The maximum atomic E-state index is 4.60. The molecule has 2 aromatic rings. The van der Waals surface area contributed by atoms with Gasteiger partial charge in [0.15, 0.2) is 0 Å². The summed E-state index contributed by atoms with van der Waals surface area (Å²) in [5.41, 5.74) is 4.62. The van der Waals surface area contributed by atoms with Gasteiger partial charge in [0.25, 0.3) is 0 Å². The van der Waals surface area contributed by atoms with Crippen LogP contribution in [0.1, 0.15) is 82.4 Å². The lowest BCUT2D eigenvalue weighted by Gasteiger charge is -2.01. The van der Waals surface area contributed by atoms with Crippen molar-refractivity contribution in [1.29, 1.82) is 0 Å². The Labute approximate surface area is 153 Å². The molecule has 0 fully saturated rings. The van der Waals surface area contributed by atoms with Crippen LogP contribution in [-0.2, 0) is 0 Å². The average molecular weight is 342 g/mol. The second-order valence-electron chi connectivity index (χ2n) is 7.08. The summed E-state index contributed by atoms with van der Waals surface area (Å²) in [7, 11) is 0. The number of aromatic nitrogens is 2. The third kappa shape index (κ3) is 7.33. The van der Waals surface area contributed by atoms with Crippen molar-refractivity contribution in [3.8, 4) is 11.4 Å². The van der Waals surface area contributed by atoms with Gasteiger partial charge >= 0.3 is 0 Å². The zero-order valence-electron chi connectivity index (χ0n) is 16.1. The van der Waals surface area contributed by atoms with Crippen molar-refractivity contribution < 1.29 is 0 Å². The van der Waals surface area contributed by atoms with E-state index in [1.807, 2.05) is 18.5 Å². The Morgan fingerprint density at radius 1 is 0.920 bits per heavy atom. The fourth-order valence-corrected chi connectivity index (χ4v) is 3.20. The molecule has 2 heterocycles. The predicted octanol–water partition coefficient (Wildman–Crippen LogP) is 6.66. The van der Waals surface area contributed by atoms with Gasteiger partial charge in [0, 0.05) is 19.0 Å². The van der Waals surface area contributed by atoms with Gasteiger partial charge in [-0.3, -0.25) is 4.99 Å². The predicted molar refractivity (Wildman–Crippen MR) is 110 cm³/mol. The maximum Gasteiger partial charge on any atom is 0.0627 e. The third-order valence-corrected chi connectivity index (χ3v) is 4.80. The normalized spacial score (nSPS) is 11.6. The largest absolute Gasteiger partial charge is 0.360 e. The minimum absolute atomic E-state index is 0.937. The van der Waals surface area contributed by atoms with Crippen LogP contribution in [0.4, 0.5) is 0 Å². The van der Waals surface area contributed by atoms with Gasteiger partial charge in [-0.25, -0.2) is 0 Å². The number of nitrogens with zero attached hydrogens (tertiary/aromatic N) is 1. The van der Waals surface area contributed by atoms with Crippen molar-refractivity contribution in [2.24, 2.45) is 4.99 Å². The van der Waals surface area contributed by atoms with E-state index in [1.54, 1.807) is 0 Å². The summed E-state index contributed by atoms with van der Waals surface area (Å²) in [6.45, 7) is 5.35. The number of nitrogens with one attached hydrogen (secondary N) is 2. The Morgan fingerprint density at radius 3 is 2.24 bits per heavy atom. The first-order valence-electron chi connectivity index (χ1n) is 10.1. The molecule has 0 radical (unpaired) electrons. The van der Waals surface area contributed by atoms with Crippen molar-refractivity contribution in [1.82, 2.24) is 9.97 Å². The van der Waals surface area contributed by atoms with E-state index in [-0.39, 0.29) is 0 Å². The molecule has 3 nitrogen and oxygen atoms in total. The highest BCUT2D eigenvalue weighted by Gasteiger charge is 2.04. The van der Waals surface area contributed by atoms with Gasteiger partial charge < -0.3 is 9.97 Å². The van der Waals surface area contributed by atoms with Gasteiger partial charge in [-0.15, -0.1) is 0 Å². The molecule has 0 aliphatic rings. The Balaban J connectivity index is 1.55. The molecule has 0 amide bonds. The fraction of sp³-hybridized carbons (Fsp3) is 0.591. The zero-order valence-corrected chi connectivity index (χ0v) is 16.1. The van der Waals surface area contributed by atoms with Crippen LogP contribution < -0.4 is 0 Å². The van der Waals surface area contributed by atoms with Crippen molar-refractivity contribution in [2.45, 2.75) is 78.1 Å². The first-order chi connectivity index (χ1) is 12.3. The maximum absolute atomic E-state index is 4.60. The van der Waals surface area contributed by atoms with Gasteiger partial charge in [-0.2, -0.15) is 0 Å². The van der Waals surface area contributed by atoms with Crippen molar-refractivity contribution >= 4 is 6.21 Å². The van der Waals surface area contributed by atoms with Gasteiger partial charge in [0.1, 0.15) is 0 Å². The van der Waals surface area contributed by atoms with E-state index >= 15 is 0 Å². The second kappa shape index (κ2) is 11.7. The Hall–Kier alpha value is -1.77. The van der Waals surface area contributed by atoms with E-state index in [2.05, 4.69) is 40.9 Å². The highest BCUT2D eigenvalue weighted by atomic mass is 14.8. The molecule has 138 valence electrons. The molecule has 0 saturated carbocycles. The van der Waals surface area contributed by atoms with E-state index in [0.29, 0.717) is 0 Å². The topological polar surface area (TPSA) is 43.9 Å². The molecule has 0 spiro atoms. The standard InChI is InChI=1S/C22H35N3/c1-3-4-5-6-7-8-9-10-11-12-15-23-18-22-19(2)17-21(25-22)20-14-13-16-24-20/h13-14,16-18,24-25H,3-12,15H2,1-2H3. The highest BCUT2D eigenvalue weighted by Crippen LogP contribution is 2.19. The van der Waals surface area contributed by atoms with Crippen LogP contribution in [-0.4, -0.2) is 22.7 Å². The quantitative estimate of drug-likeness (QED) is 0.302. The molecule has 0 bridgehead atoms. The molecule has 25 heavy (non-hydrogen) atoms. The molecule has 2 N–H and O–H groups in total. The molecule has 0 aromatic carbocycles. The SMILES string of the molecule is CCCCCCCCCCCCN=Cc1[nH]c(-c2ccc[nH]2)cc1C. The number of unbranched alkanes of at least 4 members (excludes halogenated alkanes) is 9. The molecule has 0 aliphatic heterocycles. The smallest absolute Gasteiger partial charge is 0.0627 e. The van der Waals surface area contributed by atoms with Gasteiger partial charge in [-0.05, 0) is 37.1 Å². The van der Waals surface area contributed by atoms with E-state index in [9.17, 15) is 0 Å². The van der Waals surface area contributed by atoms with Crippen LogP contribution in [0.15, 0.2) is 29.4 Å². The molecule has 0 atom stereocenters. The summed E-state index contributed by atoms with van der Waals surface area (Å²) in [6, 6.07) is 6.27. The van der Waals surface area contributed by atoms with E-state index in [0.717, 1.165) is 23.6 Å².